The first-order valence-electron chi connectivity index (χ1n) is 11.4. The zero-order valence-corrected chi connectivity index (χ0v) is 20.8. The predicted molar refractivity (Wildman–Crippen MR) is 137 cm³/mol. The highest BCUT2D eigenvalue weighted by Gasteiger charge is 2.29. The monoisotopic (exact) mass is 514 g/mol. The molecular formula is C25H27ClN4O4S. The van der Waals surface area contributed by atoms with Crippen molar-refractivity contribution in [3.8, 4) is 11.5 Å². The second kappa shape index (κ2) is 11.9. The number of nitrogens with one attached hydrogen (secondary N) is 3. The van der Waals surface area contributed by atoms with Crippen molar-refractivity contribution >= 4 is 40.6 Å². The molecule has 1 aromatic heterocycles. The number of carbonyl (C=O) groups is 2. The van der Waals surface area contributed by atoms with E-state index < -0.39 is 0 Å². The molecule has 8 nitrogen and oxygen atoms in total. The van der Waals surface area contributed by atoms with Gasteiger partial charge in [0.2, 0.25) is 0 Å². The Hall–Kier alpha value is -3.30. The van der Waals surface area contributed by atoms with E-state index in [1.54, 1.807) is 48.9 Å². The molecule has 35 heavy (non-hydrogen) atoms. The number of urea groups is 1. The van der Waals surface area contributed by atoms with Gasteiger partial charge in [0.25, 0.3) is 5.91 Å². The molecule has 2 aromatic carbocycles. The number of hydrogen-bond donors (Lipinski definition) is 3. The number of halogens is 1. The van der Waals surface area contributed by atoms with Crippen LogP contribution in [0.25, 0.3) is 0 Å². The average Bonchev–Trinajstić information content (AvgIpc) is 3.34. The molecule has 0 unspecified atom stereocenters. The van der Waals surface area contributed by atoms with Crippen molar-refractivity contribution in [2.24, 2.45) is 0 Å². The summed E-state index contributed by atoms with van der Waals surface area (Å²) in [5.74, 6) is 0.997. The Morgan fingerprint density at radius 2 is 1.77 bits per heavy atom. The summed E-state index contributed by atoms with van der Waals surface area (Å²) in [5, 5.41) is 11.9. The van der Waals surface area contributed by atoms with Gasteiger partial charge in [0.15, 0.2) is 0 Å². The van der Waals surface area contributed by atoms with Crippen LogP contribution >= 0.6 is 22.9 Å². The van der Waals surface area contributed by atoms with Gasteiger partial charge in [0.05, 0.1) is 18.8 Å². The van der Waals surface area contributed by atoms with E-state index >= 15 is 0 Å². The van der Waals surface area contributed by atoms with Gasteiger partial charge >= 0.3 is 6.03 Å². The fourth-order valence-corrected chi connectivity index (χ4v) is 4.76. The van der Waals surface area contributed by atoms with E-state index in [4.69, 9.17) is 21.1 Å². The van der Waals surface area contributed by atoms with Gasteiger partial charge in [-0.3, -0.25) is 4.79 Å². The fourth-order valence-electron chi connectivity index (χ4n) is 3.95. The SMILES string of the molecule is COc1ccccc1NC(=O)N[C@@H]1CCCC[C@@H]1NC(=O)c1csc(COc2ccc(Cl)cc2)n1. The average molecular weight is 515 g/mol. The zero-order valence-electron chi connectivity index (χ0n) is 19.3. The minimum absolute atomic E-state index is 0.185. The van der Waals surface area contributed by atoms with Crippen molar-refractivity contribution in [1.29, 1.82) is 0 Å². The van der Waals surface area contributed by atoms with Crippen molar-refractivity contribution in [2.45, 2.75) is 44.4 Å². The standard InChI is InChI=1S/C25H27ClN4O4S/c1-33-22-9-5-4-8-20(22)30-25(32)29-19-7-3-2-6-18(19)28-24(31)21-15-35-23(27-21)14-34-17-12-10-16(26)11-13-17/h4-5,8-13,15,18-19H,2-3,6-7,14H2,1H3,(H,28,31)(H2,29,30,32)/t18-,19+/m0/s1. The van der Waals surface area contributed by atoms with Crippen LogP contribution in [0.15, 0.2) is 53.9 Å². The summed E-state index contributed by atoms with van der Waals surface area (Å²) in [6, 6.07) is 13.6. The number of thiazole rings is 1. The number of rotatable bonds is 8. The molecule has 10 heteroatoms. The number of anilines is 1. The molecule has 0 saturated heterocycles. The first kappa shape index (κ1) is 24.8. The Morgan fingerprint density at radius 1 is 1.06 bits per heavy atom. The number of methoxy groups -OCH3 is 1. The molecule has 184 valence electrons. The van der Waals surface area contributed by atoms with E-state index in [0.717, 1.165) is 25.7 Å². The molecule has 1 heterocycles. The number of hydrogen-bond acceptors (Lipinski definition) is 6. The molecular weight excluding hydrogens is 488 g/mol. The van der Waals surface area contributed by atoms with Crippen LogP contribution in [0.2, 0.25) is 5.02 Å². The van der Waals surface area contributed by atoms with E-state index in [0.29, 0.717) is 32.9 Å². The number of carbonyl (C=O) groups excluding carboxylic acids is 2. The van der Waals surface area contributed by atoms with Gasteiger partial charge in [0, 0.05) is 16.4 Å². The summed E-state index contributed by atoms with van der Waals surface area (Å²) >= 11 is 7.26. The Kier molecular flexibility index (Phi) is 8.44. The normalized spacial score (nSPS) is 17.3. The quantitative estimate of drug-likeness (QED) is 0.381. The van der Waals surface area contributed by atoms with Crippen molar-refractivity contribution in [1.82, 2.24) is 15.6 Å². The molecule has 3 N–H and O–H groups in total. The molecule has 2 atom stereocenters. The lowest BCUT2D eigenvalue weighted by molar-refractivity contribution is 0.0911. The van der Waals surface area contributed by atoms with E-state index in [9.17, 15) is 9.59 Å². The highest BCUT2D eigenvalue weighted by Crippen LogP contribution is 2.24. The van der Waals surface area contributed by atoms with Gasteiger partial charge in [-0.05, 0) is 49.2 Å². The Bertz CT molecular complexity index is 1150. The molecule has 4 rings (SSSR count). The maximum Gasteiger partial charge on any atom is 0.319 e. The summed E-state index contributed by atoms with van der Waals surface area (Å²) in [7, 11) is 1.55. The number of amides is 3. The van der Waals surface area contributed by atoms with Crippen LogP contribution in [-0.2, 0) is 6.61 Å². The second-order valence-corrected chi connectivity index (χ2v) is 9.52. The van der Waals surface area contributed by atoms with Gasteiger partial charge < -0.3 is 25.4 Å². The minimum Gasteiger partial charge on any atom is -0.495 e. The highest BCUT2D eigenvalue weighted by molar-refractivity contribution is 7.09. The van der Waals surface area contributed by atoms with E-state index in [1.807, 2.05) is 12.1 Å². The minimum atomic E-state index is -0.337. The fraction of sp³-hybridized carbons (Fsp3) is 0.320. The molecule has 0 aliphatic heterocycles. The van der Waals surface area contributed by atoms with E-state index in [-0.39, 0.29) is 30.6 Å². The third kappa shape index (κ3) is 6.86. The summed E-state index contributed by atoms with van der Waals surface area (Å²) < 4.78 is 11.0. The largest absolute Gasteiger partial charge is 0.495 e. The van der Waals surface area contributed by atoms with Gasteiger partial charge in [-0.15, -0.1) is 11.3 Å². The number of benzene rings is 2. The highest BCUT2D eigenvalue weighted by atomic mass is 35.5. The summed E-state index contributed by atoms with van der Waals surface area (Å²) in [6.45, 7) is 0.260. The summed E-state index contributed by atoms with van der Waals surface area (Å²) in [6.07, 6.45) is 3.52. The Morgan fingerprint density at radius 3 is 2.51 bits per heavy atom. The predicted octanol–water partition coefficient (Wildman–Crippen LogP) is 5.25. The lowest BCUT2D eigenvalue weighted by atomic mass is 9.90. The van der Waals surface area contributed by atoms with E-state index in [2.05, 4.69) is 20.9 Å². The van der Waals surface area contributed by atoms with Gasteiger partial charge in [-0.2, -0.15) is 0 Å². The van der Waals surface area contributed by atoms with E-state index in [1.165, 1.54) is 11.3 Å². The van der Waals surface area contributed by atoms with Crippen LogP contribution in [-0.4, -0.2) is 36.1 Å². The van der Waals surface area contributed by atoms with Gasteiger partial charge in [-0.25, -0.2) is 9.78 Å². The number of nitrogens with zero attached hydrogens (tertiary/aromatic N) is 1. The van der Waals surface area contributed by atoms with Crippen LogP contribution in [0.4, 0.5) is 10.5 Å². The molecule has 1 saturated carbocycles. The second-order valence-electron chi connectivity index (χ2n) is 8.14. The topological polar surface area (TPSA) is 102 Å². The zero-order chi connectivity index (χ0) is 24.6. The molecule has 1 aliphatic carbocycles. The summed E-state index contributed by atoms with van der Waals surface area (Å²) in [5.41, 5.74) is 0.923. The lowest BCUT2D eigenvalue weighted by Gasteiger charge is -2.32. The van der Waals surface area contributed by atoms with Gasteiger partial charge in [-0.1, -0.05) is 36.6 Å². The number of aromatic nitrogens is 1. The Balaban J connectivity index is 1.32. The van der Waals surface area contributed by atoms with Crippen LogP contribution in [0.3, 0.4) is 0 Å². The number of ether oxygens (including phenoxy) is 2. The molecule has 0 radical (unpaired) electrons. The van der Waals surface area contributed by atoms with Crippen molar-refractivity contribution in [3.63, 3.8) is 0 Å². The van der Waals surface area contributed by atoms with Crippen molar-refractivity contribution in [3.05, 3.63) is 69.6 Å². The molecule has 0 bridgehead atoms. The third-order valence-electron chi connectivity index (χ3n) is 5.71. The van der Waals surface area contributed by atoms with Crippen LogP contribution in [0, 0.1) is 0 Å². The molecule has 0 spiro atoms. The maximum atomic E-state index is 12.9. The van der Waals surface area contributed by atoms with Crippen molar-refractivity contribution in [2.75, 3.05) is 12.4 Å². The van der Waals surface area contributed by atoms with Crippen molar-refractivity contribution < 1.29 is 19.1 Å². The first-order chi connectivity index (χ1) is 17.0. The molecule has 3 amide bonds. The number of para-hydroxylation sites is 2. The molecule has 3 aromatic rings. The summed E-state index contributed by atoms with van der Waals surface area (Å²) in [4.78, 5) is 29.9. The first-order valence-corrected chi connectivity index (χ1v) is 12.6. The van der Waals surface area contributed by atoms with Crippen LogP contribution in [0.5, 0.6) is 11.5 Å². The van der Waals surface area contributed by atoms with Gasteiger partial charge in [0.1, 0.15) is 28.8 Å². The van der Waals surface area contributed by atoms with Crippen LogP contribution < -0.4 is 25.4 Å². The third-order valence-corrected chi connectivity index (χ3v) is 6.79. The molecule has 1 fully saturated rings. The molecule has 1 aliphatic rings. The van der Waals surface area contributed by atoms with Crippen LogP contribution in [0.1, 0.15) is 41.2 Å². The Labute approximate surface area is 213 Å². The smallest absolute Gasteiger partial charge is 0.319 e. The lowest BCUT2D eigenvalue weighted by Crippen LogP contribution is -2.54. The maximum absolute atomic E-state index is 12.9.